The molecule has 16 heavy (non-hydrogen) atoms. The molecule has 3 heteroatoms. The Kier molecular flexibility index (Phi) is 4.43. The van der Waals surface area contributed by atoms with E-state index in [0.29, 0.717) is 0 Å². The van der Waals surface area contributed by atoms with Crippen LogP contribution in [0.4, 0.5) is 0 Å². The second kappa shape index (κ2) is 6.06. The molecular formula is C13H17NOS. The van der Waals surface area contributed by atoms with Crippen molar-refractivity contribution >= 4 is 18.0 Å². The van der Waals surface area contributed by atoms with Crippen LogP contribution < -0.4 is 0 Å². The van der Waals surface area contributed by atoms with Crippen LogP contribution in [-0.2, 0) is 6.42 Å². The van der Waals surface area contributed by atoms with Gasteiger partial charge in [0.1, 0.15) is 6.29 Å². The third kappa shape index (κ3) is 3.35. The van der Waals surface area contributed by atoms with Crippen molar-refractivity contribution in [2.75, 3.05) is 31.1 Å². The summed E-state index contributed by atoms with van der Waals surface area (Å²) in [6.45, 7) is 3.53. The van der Waals surface area contributed by atoms with E-state index in [0.717, 1.165) is 24.8 Å². The molecule has 0 unspecified atom stereocenters. The highest BCUT2D eigenvalue weighted by Crippen LogP contribution is 2.10. The highest BCUT2D eigenvalue weighted by atomic mass is 32.2. The van der Waals surface area contributed by atoms with Crippen LogP contribution in [0, 0.1) is 0 Å². The lowest BCUT2D eigenvalue weighted by Gasteiger charge is -2.26. The van der Waals surface area contributed by atoms with Gasteiger partial charge in [0.15, 0.2) is 0 Å². The third-order valence-electron chi connectivity index (χ3n) is 2.91. The number of thioether (sulfide) groups is 1. The van der Waals surface area contributed by atoms with Gasteiger partial charge >= 0.3 is 0 Å². The Balaban J connectivity index is 1.85. The molecule has 1 saturated heterocycles. The van der Waals surface area contributed by atoms with Crippen molar-refractivity contribution in [1.82, 2.24) is 4.90 Å². The van der Waals surface area contributed by atoms with Crippen molar-refractivity contribution < 1.29 is 4.79 Å². The molecule has 86 valence electrons. The monoisotopic (exact) mass is 235 g/mol. The van der Waals surface area contributed by atoms with Gasteiger partial charge in [-0.25, -0.2) is 0 Å². The Labute approximate surface area is 101 Å². The van der Waals surface area contributed by atoms with Crippen molar-refractivity contribution in [3.8, 4) is 0 Å². The largest absolute Gasteiger partial charge is 0.301 e. The molecule has 0 bridgehead atoms. The summed E-state index contributed by atoms with van der Waals surface area (Å²) in [7, 11) is 0. The van der Waals surface area contributed by atoms with Gasteiger partial charge in [0.2, 0.25) is 0 Å². The second-order valence-electron chi connectivity index (χ2n) is 4.07. The van der Waals surface area contributed by atoms with Gasteiger partial charge in [-0.15, -0.1) is 0 Å². The molecule has 0 radical (unpaired) electrons. The smallest absolute Gasteiger partial charge is 0.150 e. The molecule has 1 aromatic carbocycles. The van der Waals surface area contributed by atoms with Gasteiger partial charge in [0.25, 0.3) is 0 Å². The summed E-state index contributed by atoms with van der Waals surface area (Å²) in [5.41, 5.74) is 2.05. The average molecular weight is 235 g/mol. The van der Waals surface area contributed by atoms with Crippen LogP contribution in [0.15, 0.2) is 24.3 Å². The minimum atomic E-state index is 0.784. The van der Waals surface area contributed by atoms with Crippen LogP contribution in [0.3, 0.4) is 0 Å². The molecule has 2 rings (SSSR count). The molecular weight excluding hydrogens is 218 g/mol. The molecule has 0 atom stereocenters. The first-order valence-corrected chi connectivity index (χ1v) is 6.88. The van der Waals surface area contributed by atoms with Gasteiger partial charge in [-0.3, -0.25) is 4.79 Å². The minimum absolute atomic E-state index is 0.784. The van der Waals surface area contributed by atoms with Gasteiger partial charge in [-0.05, 0) is 18.1 Å². The van der Waals surface area contributed by atoms with E-state index in [1.54, 1.807) is 0 Å². The summed E-state index contributed by atoms with van der Waals surface area (Å²) in [6.07, 6.45) is 1.97. The molecule has 0 aliphatic carbocycles. The average Bonchev–Trinajstić information content (AvgIpc) is 2.38. The fraction of sp³-hybridized carbons (Fsp3) is 0.462. The lowest BCUT2D eigenvalue weighted by molar-refractivity contribution is 0.112. The highest BCUT2D eigenvalue weighted by molar-refractivity contribution is 7.99. The van der Waals surface area contributed by atoms with E-state index in [9.17, 15) is 4.79 Å². The second-order valence-corrected chi connectivity index (χ2v) is 5.29. The van der Waals surface area contributed by atoms with Crippen molar-refractivity contribution in [3.05, 3.63) is 35.4 Å². The van der Waals surface area contributed by atoms with E-state index in [1.807, 2.05) is 30.0 Å². The van der Waals surface area contributed by atoms with Crippen LogP contribution in [-0.4, -0.2) is 42.3 Å². The molecule has 0 N–H and O–H groups in total. The van der Waals surface area contributed by atoms with E-state index >= 15 is 0 Å². The van der Waals surface area contributed by atoms with Crippen LogP contribution in [0.2, 0.25) is 0 Å². The van der Waals surface area contributed by atoms with Gasteiger partial charge in [-0.2, -0.15) is 11.8 Å². The Morgan fingerprint density at radius 2 is 2.12 bits per heavy atom. The zero-order chi connectivity index (χ0) is 11.2. The summed E-state index contributed by atoms with van der Waals surface area (Å²) < 4.78 is 0. The maximum atomic E-state index is 10.7. The minimum Gasteiger partial charge on any atom is -0.301 e. The van der Waals surface area contributed by atoms with Crippen LogP contribution >= 0.6 is 11.8 Å². The van der Waals surface area contributed by atoms with E-state index in [2.05, 4.69) is 11.0 Å². The van der Waals surface area contributed by atoms with Gasteiger partial charge in [0.05, 0.1) is 0 Å². The zero-order valence-corrected chi connectivity index (χ0v) is 10.2. The van der Waals surface area contributed by atoms with E-state index in [-0.39, 0.29) is 0 Å². The predicted molar refractivity (Wildman–Crippen MR) is 69.3 cm³/mol. The summed E-state index contributed by atoms with van der Waals surface area (Å²) >= 11 is 2.04. The number of aldehydes is 1. The first-order chi connectivity index (χ1) is 7.88. The normalized spacial score (nSPS) is 17.2. The quantitative estimate of drug-likeness (QED) is 0.745. The molecule has 1 aromatic rings. The summed E-state index contributed by atoms with van der Waals surface area (Å²) in [4.78, 5) is 13.2. The summed E-state index contributed by atoms with van der Waals surface area (Å²) in [5, 5.41) is 0. The summed E-state index contributed by atoms with van der Waals surface area (Å²) in [6, 6.07) is 7.91. The lowest BCUT2D eigenvalue weighted by atomic mass is 10.1. The number of hydrogen-bond donors (Lipinski definition) is 0. The molecule has 1 heterocycles. The van der Waals surface area contributed by atoms with Crippen molar-refractivity contribution in [2.24, 2.45) is 0 Å². The predicted octanol–water partition coefficient (Wildman–Crippen LogP) is 2.09. The Morgan fingerprint density at radius 3 is 2.88 bits per heavy atom. The van der Waals surface area contributed by atoms with Gasteiger partial charge in [-0.1, -0.05) is 18.2 Å². The van der Waals surface area contributed by atoms with E-state index < -0.39 is 0 Å². The Morgan fingerprint density at radius 1 is 1.31 bits per heavy atom. The molecule has 0 aromatic heterocycles. The zero-order valence-electron chi connectivity index (χ0n) is 9.39. The number of hydrogen-bond acceptors (Lipinski definition) is 3. The topological polar surface area (TPSA) is 20.3 Å². The molecule has 1 aliphatic rings. The highest BCUT2D eigenvalue weighted by Gasteiger charge is 2.09. The van der Waals surface area contributed by atoms with Gasteiger partial charge in [0, 0.05) is 36.7 Å². The van der Waals surface area contributed by atoms with Crippen LogP contribution in [0.5, 0.6) is 0 Å². The number of benzene rings is 1. The van der Waals surface area contributed by atoms with Crippen molar-refractivity contribution in [2.45, 2.75) is 6.42 Å². The fourth-order valence-electron chi connectivity index (χ4n) is 1.93. The molecule has 0 saturated carbocycles. The van der Waals surface area contributed by atoms with Crippen LogP contribution in [0.1, 0.15) is 15.9 Å². The lowest BCUT2D eigenvalue weighted by Crippen LogP contribution is -2.34. The molecule has 1 aliphatic heterocycles. The Bertz CT molecular complexity index is 348. The molecule has 1 fully saturated rings. The van der Waals surface area contributed by atoms with Crippen LogP contribution in [0.25, 0.3) is 0 Å². The van der Waals surface area contributed by atoms with Gasteiger partial charge < -0.3 is 4.90 Å². The summed E-state index contributed by atoms with van der Waals surface area (Å²) in [5.74, 6) is 2.52. The first kappa shape index (κ1) is 11.7. The fourth-order valence-corrected chi connectivity index (χ4v) is 2.91. The number of nitrogens with zero attached hydrogens (tertiary/aromatic N) is 1. The van der Waals surface area contributed by atoms with Crippen molar-refractivity contribution in [3.63, 3.8) is 0 Å². The standard InChI is InChI=1S/C13H17NOS/c15-11-13-3-1-2-12(10-13)4-5-14-6-8-16-9-7-14/h1-3,10-11H,4-9H2. The maximum absolute atomic E-state index is 10.7. The first-order valence-electron chi connectivity index (χ1n) is 5.73. The molecule has 2 nitrogen and oxygen atoms in total. The SMILES string of the molecule is O=Cc1cccc(CCN2CCSCC2)c1. The Hall–Kier alpha value is -0.800. The maximum Gasteiger partial charge on any atom is 0.150 e. The van der Waals surface area contributed by atoms with Crippen molar-refractivity contribution in [1.29, 1.82) is 0 Å². The number of carbonyl (C=O) groups is 1. The van der Waals surface area contributed by atoms with E-state index in [1.165, 1.54) is 30.2 Å². The van der Waals surface area contributed by atoms with E-state index in [4.69, 9.17) is 0 Å². The number of rotatable bonds is 4. The molecule has 0 amide bonds. The third-order valence-corrected chi connectivity index (χ3v) is 3.85. The molecule has 0 spiro atoms. The number of carbonyl (C=O) groups excluding carboxylic acids is 1.